The first-order chi connectivity index (χ1) is 9.81. The van der Waals surface area contributed by atoms with Gasteiger partial charge in [-0.3, -0.25) is 4.98 Å². The fourth-order valence-corrected chi connectivity index (χ4v) is 2.01. The molecule has 0 N–H and O–H groups in total. The Kier molecular flexibility index (Phi) is 3.73. The van der Waals surface area contributed by atoms with Gasteiger partial charge in [-0.1, -0.05) is 27.2 Å². The molecule has 5 nitrogen and oxygen atoms in total. The van der Waals surface area contributed by atoms with E-state index >= 15 is 0 Å². The SMILES string of the molecule is Brc1cccc(OCc2nc(-c3ccncc3)no2)c1. The van der Waals surface area contributed by atoms with Gasteiger partial charge in [-0.15, -0.1) is 0 Å². The number of halogens is 1. The van der Waals surface area contributed by atoms with Crippen molar-refractivity contribution in [1.82, 2.24) is 15.1 Å². The van der Waals surface area contributed by atoms with Gasteiger partial charge in [0.05, 0.1) is 0 Å². The number of hydrogen-bond acceptors (Lipinski definition) is 5. The monoisotopic (exact) mass is 331 g/mol. The molecule has 100 valence electrons. The summed E-state index contributed by atoms with van der Waals surface area (Å²) in [5, 5.41) is 3.91. The van der Waals surface area contributed by atoms with Gasteiger partial charge in [0.2, 0.25) is 5.82 Å². The molecule has 1 aromatic carbocycles. The predicted molar refractivity (Wildman–Crippen MR) is 76.0 cm³/mol. The number of nitrogens with zero attached hydrogens (tertiary/aromatic N) is 3. The van der Waals surface area contributed by atoms with E-state index in [2.05, 4.69) is 31.1 Å². The molecular formula is C14H10BrN3O2. The minimum absolute atomic E-state index is 0.231. The molecule has 0 spiro atoms. The molecule has 0 fully saturated rings. The summed E-state index contributed by atoms with van der Waals surface area (Å²) in [4.78, 5) is 8.22. The molecule has 3 aromatic rings. The van der Waals surface area contributed by atoms with Crippen molar-refractivity contribution in [3.05, 3.63) is 59.2 Å². The summed E-state index contributed by atoms with van der Waals surface area (Å²) in [5.74, 6) is 1.69. The first-order valence-electron chi connectivity index (χ1n) is 5.92. The molecule has 6 heteroatoms. The lowest BCUT2D eigenvalue weighted by molar-refractivity contribution is 0.243. The van der Waals surface area contributed by atoms with Crippen LogP contribution in [0.5, 0.6) is 5.75 Å². The van der Waals surface area contributed by atoms with E-state index in [1.807, 2.05) is 36.4 Å². The van der Waals surface area contributed by atoms with E-state index in [0.29, 0.717) is 11.7 Å². The second-order valence-electron chi connectivity index (χ2n) is 3.99. The molecular weight excluding hydrogens is 322 g/mol. The topological polar surface area (TPSA) is 61.0 Å². The summed E-state index contributed by atoms with van der Waals surface area (Å²) in [6.07, 6.45) is 3.37. The van der Waals surface area contributed by atoms with E-state index in [9.17, 15) is 0 Å². The Morgan fingerprint density at radius 3 is 2.80 bits per heavy atom. The Bertz CT molecular complexity index is 700. The second-order valence-corrected chi connectivity index (χ2v) is 4.91. The summed E-state index contributed by atoms with van der Waals surface area (Å²) in [7, 11) is 0. The lowest BCUT2D eigenvalue weighted by atomic mass is 10.2. The normalized spacial score (nSPS) is 10.4. The fourth-order valence-electron chi connectivity index (χ4n) is 1.63. The van der Waals surface area contributed by atoms with Crippen LogP contribution in [-0.2, 0) is 6.61 Å². The number of pyridine rings is 1. The summed E-state index contributed by atoms with van der Waals surface area (Å²) in [6, 6.07) is 11.2. The van der Waals surface area contributed by atoms with Gasteiger partial charge in [-0.25, -0.2) is 0 Å². The Morgan fingerprint density at radius 1 is 1.15 bits per heavy atom. The van der Waals surface area contributed by atoms with Gasteiger partial charge >= 0.3 is 0 Å². The molecule has 0 aliphatic rings. The van der Waals surface area contributed by atoms with Crippen LogP contribution in [0, 0.1) is 0 Å². The number of benzene rings is 1. The van der Waals surface area contributed by atoms with E-state index in [-0.39, 0.29) is 6.61 Å². The largest absolute Gasteiger partial charge is 0.484 e. The molecule has 0 atom stereocenters. The Hall–Kier alpha value is -2.21. The minimum atomic E-state index is 0.231. The smallest absolute Gasteiger partial charge is 0.264 e. The van der Waals surface area contributed by atoms with Crippen LogP contribution in [0.4, 0.5) is 0 Å². The van der Waals surface area contributed by atoms with Gasteiger partial charge in [0.15, 0.2) is 6.61 Å². The van der Waals surface area contributed by atoms with Crippen LogP contribution in [-0.4, -0.2) is 15.1 Å². The van der Waals surface area contributed by atoms with E-state index in [4.69, 9.17) is 9.26 Å². The standard InChI is InChI=1S/C14H10BrN3O2/c15-11-2-1-3-12(8-11)19-9-13-17-14(18-20-13)10-4-6-16-7-5-10/h1-8H,9H2. The number of hydrogen-bond donors (Lipinski definition) is 0. The molecule has 0 aliphatic heterocycles. The summed E-state index contributed by atoms with van der Waals surface area (Å²) in [5.41, 5.74) is 0.859. The average molecular weight is 332 g/mol. The van der Waals surface area contributed by atoms with Crippen molar-refractivity contribution in [3.63, 3.8) is 0 Å². The molecule has 0 aliphatic carbocycles. The molecule has 0 saturated heterocycles. The molecule has 0 bridgehead atoms. The van der Waals surface area contributed by atoms with Crippen LogP contribution in [0.3, 0.4) is 0 Å². The third-order valence-corrected chi connectivity index (χ3v) is 3.06. The molecule has 0 unspecified atom stereocenters. The van der Waals surface area contributed by atoms with Crippen molar-refractivity contribution in [3.8, 4) is 17.1 Å². The van der Waals surface area contributed by atoms with Crippen molar-refractivity contribution >= 4 is 15.9 Å². The van der Waals surface area contributed by atoms with Crippen molar-refractivity contribution in [2.75, 3.05) is 0 Å². The zero-order valence-corrected chi connectivity index (χ0v) is 11.9. The molecule has 0 saturated carbocycles. The van der Waals surface area contributed by atoms with Gasteiger partial charge in [0.1, 0.15) is 5.75 Å². The highest BCUT2D eigenvalue weighted by Gasteiger charge is 2.08. The summed E-state index contributed by atoms with van der Waals surface area (Å²) in [6.45, 7) is 0.231. The number of ether oxygens (including phenoxy) is 1. The van der Waals surface area contributed by atoms with Gasteiger partial charge in [0.25, 0.3) is 5.89 Å². The summed E-state index contributed by atoms with van der Waals surface area (Å²) < 4.78 is 11.7. The van der Waals surface area contributed by atoms with Gasteiger partial charge in [-0.2, -0.15) is 4.98 Å². The molecule has 2 aromatic heterocycles. The summed E-state index contributed by atoms with van der Waals surface area (Å²) >= 11 is 3.39. The van der Waals surface area contributed by atoms with Crippen LogP contribution in [0.2, 0.25) is 0 Å². The highest BCUT2D eigenvalue weighted by atomic mass is 79.9. The van der Waals surface area contributed by atoms with Crippen molar-refractivity contribution in [2.24, 2.45) is 0 Å². The van der Waals surface area contributed by atoms with Crippen LogP contribution in [0.1, 0.15) is 5.89 Å². The van der Waals surface area contributed by atoms with Crippen LogP contribution >= 0.6 is 15.9 Å². The van der Waals surface area contributed by atoms with Gasteiger partial charge in [0, 0.05) is 22.4 Å². The Balaban J connectivity index is 1.69. The second kappa shape index (κ2) is 5.83. The lowest BCUT2D eigenvalue weighted by Crippen LogP contribution is -1.95. The van der Waals surface area contributed by atoms with Gasteiger partial charge in [-0.05, 0) is 30.3 Å². The molecule has 3 rings (SSSR count). The lowest BCUT2D eigenvalue weighted by Gasteiger charge is -2.02. The van der Waals surface area contributed by atoms with Crippen LogP contribution in [0.25, 0.3) is 11.4 Å². The Labute approximate surface area is 123 Å². The highest BCUT2D eigenvalue weighted by Crippen LogP contribution is 2.19. The maximum absolute atomic E-state index is 5.58. The number of rotatable bonds is 4. The predicted octanol–water partition coefficient (Wildman–Crippen LogP) is 3.47. The van der Waals surface area contributed by atoms with E-state index in [1.165, 1.54) is 0 Å². The molecule has 0 radical (unpaired) electrons. The Morgan fingerprint density at radius 2 is 2.00 bits per heavy atom. The average Bonchev–Trinajstić information content (AvgIpc) is 2.95. The zero-order valence-electron chi connectivity index (χ0n) is 10.4. The minimum Gasteiger partial charge on any atom is -0.484 e. The van der Waals surface area contributed by atoms with E-state index < -0.39 is 0 Å². The fraction of sp³-hybridized carbons (Fsp3) is 0.0714. The third kappa shape index (κ3) is 3.03. The zero-order chi connectivity index (χ0) is 13.8. The van der Waals surface area contributed by atoms with Crippen LogP contribution in [0.15, 0.2) is 57.8 Å². The molecule has 2 heterocycles. The maximum atomic E-state index is 5.58. The third-order valence-electron chi connectivity index (χ3n) is 2.57. The maximum Gasteiger partial charge on any atom is 0.264 e. The number of aromatic nitrogens is 3. The molecule has 20 heavy (non-hydrogen) atoms. The van der Waals surface area contributed by atoms with E-state index in [0.717, 1.165) is 15.8 Å². The van der Waals surface area contributed by atoms with Crippen molar-refractivity contribution in [1.29, 1.82) is 0 Å². The first kappa shape index (κ1) is 12.8. The molecule has 0 amide bonds. The quantitative estimate of drug-likeness (QED) is 0.732. The van der Waals surface area contributed by atoms with Crippen LogP contribution < -0.4 is 4.74 Å². The first-order valence-corrected chi connectivity index (χ1v) is 6.72. The van der Waals surface area contributed by atoms with Crippen molar-refractivity contribution < 1.29 is 9.26 Å². The highest BCUT2D eigenvalue weighted by molar-refractivity contribution is 9.10. The van der Waals surface area contributed by atoms with Crippen molar-refractivity contribution in [2.45, 2.75) is 6.61 Å². The van der Waals surface area contributed by atoms with E-state index in [1.54, 1.807) is 12.4 Å². The van der Waals surface area contributed by atoms with Gasteiger partial charge < -0.3 is 9.26 Å².